The summed E-state index contributed by atoms with van der Waals surface area (Å²) in [5.74, 6) is 0.203. The molecule has 0 fully saturated rings. The minimum Gasteiger partial charge on any atom is -0.334 e. The van der Waals surface area contributed by atoms with Crippen LogP contribution in [0.4, 0.5) is 5.82 Å². The van der Waals surface area contributed by atoms with E-state index in [1.165, 1.54) is 0 Å². The topological polar surface area (TPSA) is 67.2 Å². The zero-order valence-electron chi connectivity index (χ0n) is 17.6. The molecule has 0 radical (unpaired) electrons. The smallest absolute Gasteiger partial charge is 0.245 e. The van der Waals surface area contributed by atoms with E-state index in [4.69, 9.17) is 23.2 Å². The lowest BCUT2D eigenvalue weighted by atomic mass is 9.92. The summed E-state index contributed by atoms with van der Waals surface area (Å²) in [6.45, 7) is 10.4. The second-order valence-corrected chi connectivity index (χ2v) is 8.70. The summed E-state index contributed by atoms with van der Waals surface area (Å²) < 4.78 is 1.63. The van der Waals surface area contributed by atoms with Crippen LogP contribution < -0.4 is 5.32 Å². The van der Waals surface area contributed by atoms with Crippen molar-refractivity contribution < 1.29 is 9.59 Å². The molecule has 0 atom stereocenters. The molecule has 0 saturated carbocycles. The third kappa shape index (κ3) is 5.97. The molecular weight excluding hydrogens is 411 g/mol. The summed E-state index contributed by atoms with van der Waals surface area (Å²) >= 11 is 12.2. The zero-order valence-corrected chi connectivity index (χ0v) is 19.1. The average Bonchev–Trinajstić information content (AvgIpc) is 3.06. The number of hydrogen-bond acceptors (Lipinski definition) is 3. The molecule has 8 heteroatoms. The lowest BCUT2D eigenvalue weighted by Crippen LogP contribution is -2.37. The van der Waals surface area contributed by atoms with Gasteiger partial charge >= 0.3 is 0 Å². The van der Waals surface area contributed by atoms with Crippen LogP contribution in [0.25, 0.3) is 5.69 Å². The second-order valence-electron chi connectivity index (χ2n) is 7.88. The SMILES string of the molecule is CCCC(=O)N(CC)CC(=O)Nc1cc(C(C)(C)C)nn1-c1ccc(Cl)c(Cl)c1. The monoisotopic (exact) mass is 438 g/mol. The molecule has 2 aromatic rings. The van der Waals surface area contributed by atoms with Crippen molar-refractivity contribution in [3.63, 3.8) is 0 Å². The molecule has 0 spiro atoms. The van der Waals surface area contributed by atoms with Crippen molar-refractivity contribution in [2.24, 2.45) is 0 Å². The molecule has 0 aliphatic rings. The summed E-state index contributed by atoms with van der Waals surface area (Å²) in [5.41, 5.74) is 1.28. The molecule has 0 aliphatic heterocycles. The molecule has 0 bridgehead atoms. The van der Waals surface area contributed by atoms with Crippen molar-refractivity contribution in [2.45, 2.75) is 52.9 Å². The Bertz CT molecular complexity index is 887. The maximum atomic E-state index is 12.7. The molecule has 1 aromatic heterocycles. The Hall–Kier alpha value is -2.05. The number of nitrogens with one attached hydrogen (secondary N) is 1. The van der Waals surface area contributed by atoms with Crippen LogP contribution >= 0.6 is 23.2 Å². The Morgan fingerprint density at radius 2 is 1.83 bits per heavy atom. The van der Waals surface area contributed by atoms with Crippen LogP contribution in [0.15, 0.2) is 24.3 Å². The van der Waals surface area contributed by atoms with E-state index in [1.807, 2.05) is 40.7 Å². The summed E-state index contributed by atoms with van der Waals surface area (Å²) in [4.78, 5) is 26.4. The van der Waals surface area contributed by atoms with Crippen LogP contribution in [-0.2, 0) is 15.0 Å². The predicted octanol–water partition coefficient (Wildman–Crippen LogP) is 5.06. The van der Waals surface area contributed by atoms with Gasteiger partial charge in [0.05, 0.1) is 28.0 Å². The van der Waals surface area contributed by atoms with Crippen LogP contribution in [0.5, 0.6) is 0 Å². The van der Waals surface area contributed by atoms with Gasteiger partial charge in [-0.1, -0.05) is 50.9 Å². The van der Waals surface area contributed by atoms with Gasteiger partial charge in [0.2, 0.25) is 11.8 Å². The van der Waals surface area contributed by atoms with E-state index >= 15 is 0 Å². The van der Waals surface area contributed by atoms with Gasteiger partial charge in [0.15, 0.2) is 0 Å². The number of benzene rings is 1. The molecule has 1 heterocycles. The molecule has 6 nitrogen and oxygen atoms in total. The molecule has 1 aromatic carbocycles. The number of anilines is 1. The quantitative estimate of drug-likeness (QED) is 0.656. The maximum absolute atomic E-state index is 12.7. The number of hydrogen-bond donors (Lipinski definition) is 1. The van der Waals surface area contributed by atoms with Gasteiger partial charge in [0.1, 0.15) is 5.82 Å². The van der Waals surface area contributed by atoms with E-state index in [0.717, 1.165) is 12.1 Å². The normalized spacial score (nSPS) is 11.4. The number of halogens is 2. The number of amides is 2. The highest BCUT2D eigenvalue weighted by Gasteiger charge is 2.23. The maximum Gasteiger partial charge on any atom is 0.245 e. The Labute approximate surface area is 182 Å². The number of carbonyl (C=O) groups excluding carboxylic acids is 2. The van der Waals surface area contributed by atoms with E-state index < -0.39 is 0 Å². The fraction of sp³-hybridized carbons (Fsp3) is 0.476. The largest absolute Gasteiger partial charge is 0.334 e. The van der Waals surface area contributed by atoms with Crippen LogP contribution in [0.1, 0.15) is 53.2 Å². The van der Waals surface area contributed by atoms with Gasteiger partial charge in [0, 0.05) is 24.4 Å². The molecule has 0 unspecified atom stereocenters. The van der Waals surface area contributed by atoms with Gasteiger partial charge in [-0.15, -0.1) is 0 Å². The Morgan fingerprint density at radius 3 is 2.38 bits per heavy atom. The minimum absolute atomic E-state index is 0.00720. The molecule has 0 saturated heterocycles. The van der Waals surface area contributed by atoms with E-state index in [0.29, 0.717) is 34.5 Å². The Morgan fingerprint density at radius 1 is 1.14 bits per heavy atom. The minimum atomic E-state index is -0.280. The third-order valence-corrected chi connectivity index (χ3v) is 5.16. The first-order chi connectivity index (χ1) is 13.6. The molecule has 1 N–H and O–H groups in total. The van der Waals surface area contributed by atoms with Gasteiger partial charge in [-0.2, -0.15) is 5.10 Å². The average molecular weight is 439 g/mol. The van der Waals surface area contributed by atoms with Crippen molar-refractivity contribution in [3.05, 3.63) is 40.0 Å². The predicted molar refractivity (Wildman–Crippen MR) is 118 cm³/mol. The standard InChI is InChI=1S/C21H28Cl2N4O2/c1-6-8-20(29)26(7-2)13-19(28)24-18-12-17(21(3,4)5)25-27(18)14-9-10-15(22)16(23)11-14/h9-12H,6-8,13H2,1-5H3,(H,24,28). The van der Waals surface area contributed by atoms with Crippen molar-refractivity contribution in [2.75, 3.05) is 18.4 Å². The van der Waals surface area contributed by atoms with Crippen LogP contribution in [0.3, 0.4) is 0 Å². The van der Waals surface area contributed by atoms with Crippen molar-refractivity contribution in [1.29, 1.82) is 0 Å². The lowest BCUT2D eigenvalue weighted by molar-refractivity contribution is -0.134. The Kier molecular flexibility index (Phi) is 7.72. The second kappa shape index (κ2) is 9.63. The molecule has 2 amide bonds. The summed E-state index contributed by atoms with van der Waals surface area (Å²) in [6, 6.07) is 7.00. The fourth-order valence-corrected chi connectivity index (χ4v) is 3.05. The third-order valence-electron chi connectivity index (χ3n) is 4.43. The summed E-state index contributed by atoms with van der Waals surface area (Å²) in [5, 5.41) is 8.39. The van der Waals surface area contributed by atoms with Gasteiger partial charge in [-0.3, -0.25) is 9.59 Å². The fourth-order valence-electron chi connectivity index (χ4n) is 2.75. The number of aromatic nitrogens is 2. The number of rotatable bonds is 7. The van der Waals surface area contributed by atoms with E-state index in [1.54, 1.807) is 27.8 Å². The summed E-state index contributed by atoms with van der Waals surface area (Å²) in [6.07, 6.45) is 1.17. The van der Waals surface area contributed by atoms with Crippen LogP contribution in [-0.4, -0.2) is 39.6 Å². The zero-order chi connectivity index (χ0) is 21.8. The molecule has 29 heavy (non-hydrogen) atoms. The van der Waals surface area contributed by atoms with E-state index in [9.17, 15) is 9.59 Å². The molecular formula is C21H28Cl2N4O2. The first kappa shape index (κ1) is 23.2. The van der Waals surface area contributed by atoms with E-state index in [2.05, 4.69) is 10.4 Å². The number of likely N-dealkylation sites (N-methyl/N-ethyl adjacent to an activating group) is 1. The van der Waals surface area contributed by atoms with Gasteiger partial charge in [0.25, 0.3) is 0 Å². The van der Waals surface area contributed by atoms with Crippen molar-refractivity contribution >= 4 is 40.8 Å². The van der Waals surface area contributed by atoms with Gasteiger partial charge in [-0.05, 0) is 31.5 Å². The van der Waals surface area contributed by atoms with Crippen molar-refractivity contribution in [3.8, 4) is 5.69 Å². The molecule has 158 valence electrons. The Balaban J connectivity index is 2.33. The molecule has 2 rings (SSSR count). The van der Waals surface area contributed by atoms with Crippen LogP contribution in [0.2, 0.25) is 10.0 Å². The number of carbonyl (C=O) groups is 2. The summed E-state index contributed by atoms with van der Waals surface area (Å²) in [7, 11) is 0. The van der Waals surface area contributed by atoms with Gasteiger partial charge < -0.3 is 10.2 Å². The highest BCUT2D eigenvalue weighted by Crippen LogP contribution is 2.29. The number of nitrogens with zero attached hydrogens (tertiary/aromatic N) is 3. The van der Waals surface area contributed by atoms with Gasteiger partial charge in [-0.25, -0.2) is 4.68 Å². The van der Waals surface area contributed by atoms with E-state index in [-0.39, 0.29) is 23.8 Å². The first-order valence-corrected chi connectivity index (χ1v) is 10.5. The van der Waals surface area contributed by atoms with Crippen LogP contribution in [0, 0.1) is 0 Å². The highest BCUT2D eigenvalue weighted by atomic mass is 35.5. The van der Waals surface area contributed by atoms with Crippen molar-refractivity contribution in [1.82, 2.24) is 14.7 Å². The first-order valence-electron chi connectivity index (χ1n) is 9.70. The molecule has 0 aliphatic carbocycles. The highest BCUT2D eigenvalue weighted by molar-refractivity contribution is 6.42. The lowest BCUT2D eigenvalue weighted by Gasteiger charge is -2.20.